The van der Waals surface area contributed by atoms with Crippen LogP contribution in [-0.2, 0) is 4.79 Å². The van der Waals surface area contributed by atoms with Crippen LogP contribution in [0.5, 0.6) is 0 Å². The Morgan fingerprint density at radius 2 is 1.79 bits per heavy atom. The standard InChI is InChI=1S/C22H22FN3O2S/c1-15(2)12-26(21(28)17-8-10-18(23)11-9-17)13-20(27)25-22-24-19(14-29-22)16-6-4-3-5-7-16/h3-11,14-15H,12-13H2,1-2H3,(H,24,25,27). The molecular formula is C22H22FN3O2S. The van der Waals surface area contributed by atoms with Crippen molar-refractivity contribution >= 4 is 28.3 Å². The van der Waals surface area contributed by atoms with Crippen LogP contribution < -0.4 is 5.32 Å². The fourth-order valence-corrected chi connectivity index (χ4v) is 3.58. The van der Waals surface area contributed by atoms with Gasteiger partial charge >= 0.3 is 0 Å². The van der Waals surface area contributed by atoms with E-state index in [1.165, 1.54) is 40.5 Å². The van der Waals surface area contributed by atoms with Gasteiger partial charge in [0, 0.05) is 23.1 Å². The molecule has 0 spiro atoms. The summed E-state index contributed by atoms with van der Waals surface area (Å²) in [6.07, 6.45) is 0. The summed E-state index contributed by atoms with van der Waals surface area (Å²) in [5.41, 5.74) is 2.10. The molecule has 1 N–H and O–H groups in total. The average Bonchev–Trinajstić information content (AvgIpc) is 3.16. The number of nitrogens with one attached hydrogen (secondary N) is 1. The summed E-state index contributed by atoms with van der Waals surface area (Å²) in [4.78, 5) is 31.2. The molecule has 0 aliphatic rings. The molecule has 1 heterocycles. The minimum absolute atomic E-state index is 0.103. The number of carbonyl (C=O) groups excluding carboxylic acids is 2. The fraction of sp³-hybridized carbons (Fsp3) is 0.227. The first-order valence-electron chi connectivity index (χ1n) is 9.28. The normalized spacial score (nSPS) is 10.8. The maximum Gasteiger partial charge on any atom is 0.254 e. The molecule has 0 unspecified atom stereocenters. The zero-order chi connectivity index (χ0) is 20.8. The third-order valence-corrected chi connectivity index (χ3v) is 4.88. The molecule has 0 aliphatic heterocycles. The summed E-state index contributed by atoms with van der Waals surface area (Å²) in [6, 6.07) is 15.0. The lowest BCUT2D eigenvalue weighted by Gasteiger charge is -2.24. The molecule has 0 bridgehead atoms. The van der Waals surface area contributed by atoms with Crippen LogP contribution in [0.4, 0.5) is 9.52 Å². The highest BCUT2D eigenvalue weighted by molar-refractivity contribution is 7.14. The van der Waals surface area contributed by atoms with Crippen molar-refractivity contribution in [3.63, 3.8) is 0 Å². The number of benzene rings is 2. The van der Waals surface area contributed by atoms with E-state index in [0.717, 1.165) is 11.3 Å². The van der Waals surface area contributed by atoms with E-state index in [4.69, 9.17) is 0 Å². The van der Waals surface area contributed by atoms with E-state index < -0.39 is 5.82 Å². The molecule has 29 heavy (non-hydrogen) atoms. The van der Waals surface area contributed by atoms with E-state index in [1.54, 1.807) is 0 Å². The Hall–Kier alpha value is -3.06. The number of halogens is 1. The summed E-state index contributed by atoms with van der Waals surface area (Å²) in [5.74, 6) is -0.863. The topological polar surface area (TPSA) is 62.3 Å². The van der Waals surface area contributed by atoms with Crippen LogP contribution in [0.25, 0.3) is 11.3 Å². The number of rotatable bonds is 7. The molecule has 7 heteroatoms. The number of aromatic nitrogens is 1. The van der Waals surface area contributed by atoms with Gasteiger partial charge < -0.3 is 10.2 Å². The van der Waals surface area contributed by atoms with Crippen LogP contribution in [0.2, 0.25) is 0 Å². The second kappa shape index (κ2) is 9.43. The van der Waals surface area contributed by atoms with E-state index in [1.807, 2.05) is 49.6 Å². The van der Waals surface area contributed by atoms with Gasteiger partial charge in [-0.2, -0.15) is 0 Å². The van der Waals surface area contributed by atoms with E-state index in [0.29, 0.717) is 17.2 Å². The molecule has 0 aliphatic carbocycles. The first-order chi connectivity index (χ1) is 13.9. The lowest BCUT2D eigenvalue weighted by molar-refractivity contribution is -0.117. The zero-order valence-electron chi connectivity index (χ0n) is 16.3. The number of nitrogens with zero attached hydrogens (tertiary/aromatic N) is 2. The van der Waals surface area contributed by atoms with E-state index in [9.17, 15) is 14.0 Å². The first-order valence-corrected chi connectivity index (χ1v) is 10.2. The lowest BCUT2D eigenvalue weighted by atomic mass is 10.1. The third-order valence-electron chi connectivity index (χ3n) is 4.12. The predicted molar refractivity (Wildman–Crippen MR) is 113 cm³/mol. The Labute approximate surface area is 173 Å². The maximum atomic E-state index is 13.1. The van der Waals surface area contributed by atoms with Crippen LogP contribution in [0, 0.1) is 11.7 Å². The molecule has 0 radical (unpaired) electrons. The van der Waals surface area contributed by atoms with Gasteiger partial charge in [0.15, 0.2) is 5.13 Å². The number of thiazole rings is 1. The Balaban J connectivity index is 1.68. The van der Waals surface area contributed by atoms with Crippen molar-refractivity contribution in [3.05, 3.63) is 71.4 Å². The number of hydrogen-bond acceptors (Lipinski definition) is 4. The molecule has 2 aromatic carbocycles. The molecule has 2 amide bonds. The molecule has 5 nitrogen and oxygen atoms in total. The smallest absolute Gasteiger partial charge is 0.254 e. The summed E-state index contributed by atoms with van der Waals surface area (Å²) in [5, 5.41) is 5.12. The number of hydrogen-bond donors (Lipinski definition) is 1. The molecule has 0 saturated carbocycles. The fourth-order valence-electron chi connectivity index (χ4n) is 2.84. The molecular weight excluding hydrogens is 389 g/mol. The van der Waals surface area contributed by atoms with E-state index >= 15 is 0 Å². The molecule has 0 saturated heterocycles. The van der Waals surface area contributed by atoms with Crippen LogP contribution in [0.15, 0.2) is 60.0 Å². The molecule has 3 aromatic rings. The molecule has 1 aromatic heterocycles. The van der Waals surface area contributed by atoms with Crippen molar-refractivity contribution in [1.82, 2.24) is 9.88 Å². The Morgan fingerprint density at radius 1 is 1.10 bits per heavy atom. The Bertz CT molecular complexity index is 971. The first kappa shape index (κ1) is 20.7. The lowest BCUT2D eigenvalue weighted by Crippen LogP contribution is -2.40. The van der Waals surface area contributed by atoms with Crippen LogP contribution in [0.3, 0.4) is 0 Å². The summed E-state index contributed by atoms with van der Waals surface area (Å²) in [6.45, 7) is 4.25. The summed E-state index contributed by atoms with van der Waals surface area (Å²) in [7, 11) is 0. The molecule has 150 valence electrons. The van der Waals surface area contributed by atoms with Gasteiger partial charge in [-0.05, 0) is 30.2 Å². The SMILES string of the molecule is CC(C)CN(CC(=O)Nc1nc(-c2ccccc2)cs1)C(=O)c1ccc(F)cc1. The van der Waals surface area contributed by atoms with Crippen molar-refractivity contribution in [3.8, 4) is 11.3 Å². The van der Waals surface area contributed by atoms with Gasteiger partial charge in [0.2, 0.25) is 5.91 Å². The van der Waals surface area contributed by atoms with Gasteiger partial charge in [-0.25, -0.2) is 9.37 Å². The predicted octanol–water partition coefficient (Wildman–Crippen LogP) is 4.69. The van der Waals surface area contributed by atoms with Gasteiger partial charge in [-0.1, -0.05) is 44.2 Å². The molecule has 0 atom stereocenters. The Kier molecular flexibility index (Phi) is 6.72. The van der Waals surface area contributed by atoms with Gasteiger partial charge in [0.1, 0.15) is 12.4 Å². The quantitative estimate of drug-likeness (QED) is 0.614. The molecule has 0 fully saturated rings. The van der Waals surface area contributed by atoms with E-state index in [2.05, 4.69) is 10.3 Å². The van der Waals surface area contributed by atoms with Crippen molar-refractivity contribution in [2.45, 2.75) is 13.8 Å². The number of amides is 2. The number of anilines is 1. The highest BCUT2D eigenvalue weighted by Crippen LogP contribution is 2.24. The Morgan fingerprint density at radius 3 is 2.45 bits per heavy atom. The monoisotopic (exact) mass is 411 g/mol. The minimum atomic E-state index is -0.410. The van der Waals surface area contributed by atoms with Gasteiger partial charge in [0.05, 0.1) is 5.69 Å². The second-order valence-electron chi connectivity index (χ2n) is 7.04. The number of carbonyl (C=O) groups is 2. The summed E-state index contributed by atoms with van der Waals surface area (Å²) < 4.78 is 13.1. The van der Waals surface area contributed by atoms with Crippen LogP contribution >= 0.6 is 11.3 Å². The highest BCUT2D eigenvalue weighted by Gasteiger charge is 2.20. The van der Waals surface area contributed by atoms with Crippen LogP contribution in [0.1, 0.15) is 24.2 Å². The van der Waals surface area contributed by atoms with Crippen molar-refractivity contribution in [1.29, 1.82) is 0 Å². The second-order valence-corrected chi connectivity index (χ2v) is 7.90. The maximum absolute atomic E-state index is 13.1. The van der Waals surface area contributed by atoms with E-state index in [-0.39, 0.29) is 24.3 Å². The third kappa shape index (κ3) is 5.71. The molecule has 3 rings (SSSR count). The van der Waals surface area contributed by atoms with Crippen molar-refractivity contribution < 1.29 is 14.0 Å². The average molecular weight is 412 g/mol. The van der Waals surface area contributed by atoms with Gasteiger partial charge in [0.25, 0.3) is 5.91 Å². The van der Waals surface area contributed by atoms with Gasteiger partial charge in [-0.3, -0.25) is 9.59 Å². The van der Waals surface area contributed by atoms with Crippen molar-refractivity contribution in [2.75, 3.05) is 18.4 Å². The minimum Gasteiger partial charge on any atom is -0.329 e. The summed E-state index contributed by atoms with van der Waals surface area (Å²) >= 11 is 1.33. The zero-order valence-corrected chi connectivity index (χ0v) is 17.1. The highest BCUT2D eigenvalue weighted by atomic mass is 32.1. The van der Waals surface area contributed by atoms with Crippen LogP contribution in [-0.4, -0.2) is 34.8 Å². The largest absolute Gasteiger partial charge is 0.329 e. The van der Waals surface area contributed by atoms with Crippen molar-refractivity contribution in [2.24, 2.45) is 5.92 Å². The van der Waals surface area contributed by atoms with Gasteiger partial charge in [-0.15, -0.1) is 11.3 Å².